The zero-order valence-corrected chi connectivity index (χ0v) is 38.8. The minimum atomic E-state index is -0.754. The molecule has 9 N–H and O–H groups in total. The number of nitrogen functional groups attached to an aromatic ring is 2. The summed E-state index contributed by atoms with van der Waals surface area (Å²) >= 11 is 0. The molecule has 3 heterocycles. The quantitative estimate of drug-likeness (QED) is 0.0295. The van der Waals surface area contributed by atoms with Crippen molar-refractivity contribution in [1.82, 2.24) is 10.2 Å². The number of ether oxygens (including phenoxy) is 3. The minimum Gasteiger partial charge on any atom is -0.493 e. The Balaban J connectivity index is 0.000000227. The number of non-ortho nitro benzene ring substituents is 3. The van der Waals surface area contributed by atoms with Crippen molar-refractivity contribution in [3.63, 3.8) is 0 Å². The van der Waals surface area contributed by atoms with Gasteiger partial charge in [0.15, 0.2) is 6.29 Å². The number of aldehydes is 1. The molecular formula is C48H60F2N8O12. The van der Waals surface area contributed by atoms with Gasteiger partial charge >= 0.3 is 0 Å². The third-order valence-corrected chi connectivity index (χ3v) is 10.1. The number of carbonyl (C=O) groups is 1. The lowest BCUT2D eigenvalue weighted by Crippen LogP contribution is -2.20. The molecule has 0 atom stereocenters. The highest BCUT2D eigenvalue weighted by Gasteiger charge is 2.15. The van der Waals surface area contributed by atoms with Gasteiger partial charge in [-0.15, -0.1) is 0 Å². The molecule has 378 valence electrons. The number of nitro benzene ring substituents is 3. The van der Waals surface area contributed by atoms with Crippen LogP contribution in [0.1, 0.15) is 58.3 Å². The molecule has 5 aromatic rings. The Morgan fingerprint density at radius 2 is 1.13 bits per heavy atom. The van der Waals surface area contributed by atoms with Crippen LogP contribution < -0.4 is 36.7 Å². The van der Waals surface area contributed by atoms with Crippen LogP contribution in [-0.4, -0.2) is 95.9 Å². The van der Waals surface area contributed by atoms with E-state index in [9.17, 15) is 43.9 Å². The van der Waals surface area contributed by atoms with Gasteiger partial charge in [0.05, 0.1) is 46.8 Å². The Labute approximate surface area is 403 Å². The van der Waals surface area contributed by atoms with Gasteiger partial charge in [0, 0.05) is 97.2 Å². The van der Waals surface area contributed by atoms with Crippen LogP contribution >= 0.6 is 0 Å². The van der Waals surface area contributed by atoms with Gasteiger partial charge < -0.3 is 46.9 Å². The van der Waals surface area contributed by atoms with E-state index in [-0.39, 0.29) is 59.2 Å². The van der Waals surface area contributed by atoms with Crippen LogP contribution in [0, 0.1) is 42.0 Å². The molecule has 0 amide bonds. The van der Waals surface area contributed by atoms with E-state index in [0.29, 0.717) is 19.7 Å². The molecule has 0 saturated carbocycles. The monoisotopic (exact) mass is 978 g/mol. The van der Waals surface area contributed by atoms with Crippen LogP contribution in [0.2, 0.25) is 0 Å². The lowest BCUT2D eigenvalue weighted by Gasteiger charge is -2.11. The molecule has 0 aliphatic carbocycles. The number of aliphatic hydroxyl groups excluding tert-OH is 2. The Bertz CT molecular complexity index is 2470. The SMILES string of the molecule is CN1CCOc2ccc(N)cc2C1.NCCO.Nc1ccc2c(c1)CCCCO2.O=Cc1cc([N+](=O)[O-])ccc1F.O=[N+]([O-])c1ccc(F)c(CNCCO)c1.O=[N+]([O-])c1ccc2c(c1)CCCCO2. The number of anilines is 2. The van der Waals surface area contributed by atoms with E-state index in [4.69, 9.17) is 41.6 Å². The molecule has 5 aromatic carbocycles. The number of nitro groups is 3. The Hall–Kier alpha value is -7.37. The van der Waals surface area contributed by atoms with Crippen LogP contribution in [0.5, 0.6) is 17.2 Å². The van der Waals surface area contributed by atoms with Crippen LogP contribution in [0.15, 0.2) is 91.0 Å². The van der Waals surface area contributed by atoms with Gasteiger partial charge in [-0.1, -0.05) is 0 Å². The highest BCUT2D eigenvalue weighted by Crippen LogP contribution is 2.29. The zero-order chi connectivity index (χ0) is 51.4. The van der Waals surface area contributed by atoms with Crippen molar-refractivity contribution in [2.45, 2.75) is 51.6 Å². The second kappa shape index (κ2) is 30.9. The predicted octanol–water partition coefficient (Wildman–Crippen LogP) is 6.69. The molecule has 0 bridgehead atoms. The van der Waals surface area contributed by atoms with E-state index in [1.807, 2.05) is 36.4 Å². The largest absolute Gasteiger partial charge is 0.493 e. The lowest BCUT2D eigenvalue weighted by molar-refractivity contribution is -0.385. The first-order valence-electron chi connectivity index (χ1n) is 22.2. The summed E-state index contributed by atoms with van der Waals surface area (Å²) < 4.78 is 42.3. The van der Waals surface area contributed by atoms with Gasteiger partial charge in [0.25, 0.3) is 17.1 Å². The molecular weight excluding hydrogens is 919 g/mol. The van der Waals surface area contributed by atoms with E-state index < -0.39 is 21.5 Å². The van der Waals surface area contributed by atoms with Crippen LogP contribution in [0.3, 0.4) is 0 Å². The lowest BCUT2D eigenvalue weighted by atomic mass is 10.1. The van der Waals surface area contributed by atoms with Crippen LogP contribution in [0.4, 0.5) is 37.2 Å². The molecule has 0 aromatic heterocycles. The second-order valence-electron chi connectivity index (χ2n) is 15.5. The Kier molecular flexibility index (Phi) is 25.1. The Morgan fingerprint density at radius 3 is 1.67 bits per heavy atom. The van der Waals surface area contributed by atoms with Gasteiger partial charge in [0.2, 0.25) is 0 Å². The van der Waals surface area contributed by atoms with Gasteiger partial charge in [-0.25, -0.2) is 8.78 Å². The number of likely N-dealkylation sites (N-methyl/N-ethyl adjacent to an activating group) is 1. The number of hydrogen-bond acceptors (Lipinski definition) is 17. The van der Waals surface area contributed by atoms with Crippen LogP contribution in [-0.2, 0) is 25.9 Å². The number of fused-ring (bicyclic) bond motifs is 3. The van der Waals surface area contributed by atoms with E-state index in [0.717, 1.165) is 123 Å². The third-order valence-electron chi connectivity index (χ3n) is 10.1. The maximum absolute atomic E-state index is 13.1. The van der Waals surface area contributed by atoms with Gasteiger partial charge in [-0.05, 0) is 106 Å². The molecule has 0 radical (unpaired) electrons. The smallest absolute Gasteiger partial charge is 0.270 e. The number of nitrogens with two attached hydrogens (primary N) is 3. The summed E-state index contributed by atoms with van der Waals surface area (Å²) in [4.78, 5) is 41.8. The topological polar surface area (TPSA) is 308 Å². The number of aryl methyl sites for hydroxylation is 2. The minimum absolute atomic E-state index is 0.0590. The molecule has 70 heavy (non-hydrogen) atoms. The molecule has 0 unspecified atom stereocenters. The maximum atomic E-state index is 13.1. The van der Waals surface area contributed by atoms with Crippen molar-refractivity contribution in [1.29, 1.82) is 0 Å². The van der Waals surface area contributed by atoms with Crippen molar-refractivity contribution in [2.75, 3.05) is 71.2 Å². The highest BCUT2D eigenvalue weighted by molar-refractivity contribution is 5.76. The van der Waals surface area contributed by atoms with Crippen molar-refractivity contribution >= 4 is 34.7 Å². The second-order valence-corrected chi connectivity index (χ2v) is 15.5. The molecule has 20 nitrogen and oxygen atoms in total. The molecule has 0 fully saturated rings. The number of hydrogen-bond donors (Lipinski definition) is 6. The number of nitrogens with one attached hydrogen (secondary N) is 1. The molecule has 3 aliphatic heterocycles. The number of nitrogens with zero attached hydrogens (tertiary/aromatic N) is 4. The first-order chi connectivity index (χ1) is 33.6. The van der Waals surface area contributed by atoms with Gasteiger partial charge in [-0.3, -0.25) is 40.0 Å². The summed E-state index contributed by atoms with van der Waals surface area (Å²) in [6, 6.07) is 22.6. The first-order valence-corrected chi connectivity index (χ1v) is 22.2. The Morgan fingerprint density at radius 1 is 0.657 bits per heavy atom. The summed E-state index contributed by atoms with van der Waals surface area (Å²) in [6.07, 6.45) is 6.61. The van der Waals surface area contributed by atoms with Crippen molar-refractivity contribution < 1.29 is 52.8 Å². The summed E-state index contributed by atoms with van der Waals surface area (Å²) in [6.45, 7) is 5.09. The number of aliphatic hydroxyl groups is 2. The average molecular weight is 979 g/mol. The van der Waals surface area contributed by atoms with E-state index in [1.54, 1.807) is 12.1 Å². The van der Waals surface area contributed by atoms with Crippen molar-refractivity contribution in [2.24, 2.45) is 5.73 Å². The fraction of sp³-hybridized carbons (Fsp3) is 0.354. The number of carbonyl (C=O) groups excluding carboxylic acids is 1. The van der Waals surface area contributed by atoms with Crippen molar-refractivity contribution in [3.05, 3.63) is 161 Å². The molecule has 0 spiro atoms. The highest BCUT2D eigenvalue weighted by atomic mass is 19.1. The molecule has 22 heteroatoms. The first kappa shape index (κ1) is 57.0. The normalized spacial score (nSPS) is 13.2. The molecule has 8 rings (SSSR count). The summed E-state index contributed by atoms with van der Waals surface area (Å²) in [5, 5.41) is 50.1. The number of rotatable bonds is 9. The average Bonchev–Trinajstić information content (AvgIpc) is 3.82. The van der Waals surface area contributed by atoms with E-state index in [1.165, 1.54) is 29.7 Å². The number of benzene rings is 5. The van der Waals surface area contributed by atoms with E-state index in [2.05, 4.69) is 17.3 Å². The predicted molar refractivity (Wildman–Crippen MR) is 260 cm³/mol. The molecule has 3 aliphatic rings. The van der Waals surface area contributed by atoms with E-state index >= 15 is 0 Å². The number of halogens is 2. The van der Waals surface area contributed by atoms with Gasteiger partial charge in [0.1, 0.15) is 35.5 Å². The fourth-order valence-electron chi connectivity index (χ4n) is 6.54. The fourth-order valence-corrected chi connectivity index (χ4v) is 6.54. The molecule has 0 saturated heterocycles. The summed E-state index contributed by atoms with van der Waals surface area (Å²) in [5.41, 5.74) is 20.8. The third kappa shape index (κ3) is 20.1. The summed E-state index contributed by atoms with van der Waals surface area (Å²) in [5.74, 6) is 1.54. The van der Waals surface area contributed by atoms with Gasteiger partial charge in [-0.2, -0.15) is 0 Å². The summed E-state index contributed by atoms with van der Waals surface area (Å²) in [7, 11) is 2.08. The van der Waals surface area contributed by atoms with Crippen molar-refractivity contribution in [3.8, 4) is 17.2 Å². The maximum Gasteiger partial charge on any atom is 0.270 e. The zero-order valence-electron chi connectivity index (χ0n) is 38.8. The van der Waals surface area contributed by atoms with Crippen LogP contribution in [0.25, 0.3) is 0 Å². The standard InChI is InChI=1S/C10H14N2O.C10H11NO3.C10H13NO.C9H11FN2O3.C7H4FNO3.C2H7NO/c1-12-4-5-13-10-3-2-9(11)6-8(10)7-12;12-11(13)9-4-5-10-8(7-9)3-1-2-6-14-10;11-9-4-5-10-8(7-9)3-1-2-6-12-10;10-9-2-1-8(12(14)15)5-7(9)6-11-3-4-13;8-7-2-1-6(9(11)12)3-5(7)4-10;3-1-2-4/h2-3,6H,4-5,7,11H2,1H3;4-5,7H,1-3,6H2;4-5,7H,1-3,6,11H2;1-2,5,11,13H,3-4,6H2;1-4H;4H,1-3H2.